The van der Waals surface area contributed by atoms with Crippen molar-refractivity contribution in [2.45, 2.75) is 23.2 Å². The molecule has 0 atom stereocenters. The Bertz CT molecular complexity index is 1110. The lowest BCUT2D eigenvalue weighted by Crippen LogP contribution is -2.34. The van der Waals surface area contributed by atoms with Crippen LogP contribution in [0.5, 0.6) is 0 Å². The van der Waals surface area contributed by atoms with Crippen LogP contribution in [0.2, 0.25) is 0 Å². The van der Waals surface area contributed by atoms with Gasteiger partial charge in [-0.1, -0.05) is 6.07 Å². The average Bonchev–Trinajstić information content (AvgIpc) is 3.05. The van der Waals surface area contributed by atoms with Crippen molar-refractivity contribution in [3.05, 3.63) is 53.6 Å². The SMILES string of the molecule is O=C(O)CN1CCCc2cc(C(=O)Nc3cccc(-n4c(S)nnc4S)c3)ccc21. The number of hydrogen-bond acceptors (Lipinski definition) is 7. The topological polar surface area (TPSA) is 100 Å². The fourth-order valence-electron chi connectivity index (χ4n) is 3.57. The van der Waals surface area contributed by atoms with Crippen molar-refractivity contribution in [2.75, 3.05) is 23.3 Å². The van der Waals surface area contributed by atoms with Crippen LogP contribution >= 0.6 is 25.3 Å². The van der Waals surface area contributed by atoms with E-state index in [0.717, 1.165) is 29.8 Å². The molecule has 0 aliphatic carbocycles. The molecule has 0 saturated heterocycles. The number of anilines is 2. The number of fused-ring (bicyclic) bond motifs is 1. The van der Waals surface area contributed by atoms with Crippen molar-refractivity contribution >= 4 is 48.5 Å². The predicted molar refractivity (Wildman–Crippen MR) is 118 cm³/mol. The van der Waals surface area contributed by atoms with Crippen LogP contribution in [0.25, 0.3) is 5.69 Å². The van der Waals surface area contributed by atoms with Gasteiger partial charge in [0.05, 0.1) is 5.69 Å². The standard InChI is InChI=1S/C20H19N5O3S2/c26-17(27)11-24-8-2-3-12-9-13(6-7-16(12)24)18(28)21-14-4-1-5-15(10-14)25-19(29)22-23-20(25)30/h1,4-7,9-10H,2-3,8,11H2,(H,21,28)(H,22,29)(H,23,30)(H,26,27). The van der Waals surface area contributed by atoms with E-state index in [2.05, 4.69) is 40.8 Å². The van der Waals surface area contributed by atoms with Gasteiger partial charge in [-0.15, -0.1) is 35.5 Å². The highest BCUT2D eigenvalue weighted by Crippen LogP contribution is 2.28. The van der Waals surface area contributed by atoms with Crippen LogP contribution in [0.15, 0.2) is 52.8 Å². The second-order valence-electron chi connectivity index (χ2n) is 6.90. The number of nitrogens with zero attached hydrogens (tertiary/aromatic N) is 4. The number of aromatic nitrogens is 3. The van der Waals surface area contributed by atoms with Crippen LogP contribution in [0.3, 0.4) is 0 Å². The number of carboxylic acid groups (broad SMARTS) is 1. The van der Waals surface area contributed by atoms with Gasteiger partial charge < -0.3 is 15.3 Å². The minimum atomic E-state index is -0.869. The van der Waals surface area contributed by atoms with Gasteiger partial charge in [0.1, 0.15) is 6.54 Å². The zero-order valence-corrected chi connectivity index (χ0v) is 17.6. The first-order valence-corrected chi connectivity index (χ1v) is 10.2. The van der Waals surface area contributed by atoms with Gasteiger partial charge in [-0.25, -0.2) is 0 Å². The van der Waals surface area contributed by atoms with E-state index >= 15 is 0 Å². The Kier molecular flexibility index (Phi) is 5.69. The lowest BCUT2D eigenvalue weighted by molar-refractivity contribution is -0.135. The molecular weight excluding hydrogens is 422 g/mol. The van der Waals surface area contributed by atoms with Gasteiger partial charge in [0.2, 0.25) is 0 Å². The van der Waals surface area contributed by atoms with Crippen LogP contribution in [0, 0.1) is 0 Å². The van der Waals surface area contributed by atoms with Crippen LogP contribution in [0.4, 0.5) is 11.4 Å². The number of benzene rings is 2. The fourth-order valence-corrected chi connectivity index (χ4v) is 4.16. The Morgan fingerprint density at radius 3 is 2.60 bits per heavy atom. The number of amides is 1. The molecule has 154 valence electrons. The summed E-state index contributed by atoms with van der Waals surface area (Å²) >= 11 is 8.56. The summed E-state index contributed by atoms with van der Waals surface area (Å²) < 4.78 is 1.65. The molecular formula is C20H19N5O3S2. The van der Waals surface area contributed by atoms with Crippen molar-refractivity contribution in [3.8, 4) is 5.69 Å². The van der Waals surface area contributed by atoms with E-state index in [1.54, 1.807) is 22.8 Å². The van der Waals surface area contributed by atoms with Crippen molar-refractivity contribution in [1.82, 2.24) is 14.8 Å². The molecule has 1 aromatic heterocycles. The molecule has 2 N–H and O–H groups in total. The third-order valence-electron chi connectivity index (χ3n) is 4.87. The van der Waals surface area contributed by atoms with E-state index in [9.17, 15) is 9.59 Å². The van der Waals surface area contributed by atoms with Gasteiger partial charge in [-0.3, -0.25) is 14.2 Å². The molecule has 10 heteroatoms. The van der Waals surface area contributed by atoms with E-state index in [4.69, 9.17) is 5.11 Å². The predicted octanol–water partition coefficient (Wildman–Crippen LogP) is 2.93. The average molecular weight is 442 g/mol. The van der Waals surface area contributed by atoms with E-state index in [1.807, 2.05) is 29.2 Å². The summed E-state index contributed by atoms with van der Waals surface area (Å²) in [5.41, 5.74) is 3.70. The molecule has 0 bridgehead atoms. The zero-order valence-electron chi connectivity index (χ0n) is 15.8. The molecule has 0 radical (unpaired) electrons. The van der Waals surface area contributed by atoms with E-state index in [-0.39, 0.29) is 12.5 Å². The largest absolute Gasteiger partial charge is 0.480 e. The minimum absolute atomic E-state index is 0.0469. The Morgan fingerprint density at radius 1 is 1.10 bits per heavy atom. The highest BCUT2D eigenvalue weighted by atomic mass is 32.1. The number of aliphatic carboxylic acids is 1. The first-order chi connectivity index (χ1) is 14.4. The quantitative estimate of drug-likeness (QED) is 0.455. The molecule has 2 heterocycles. The van der Waals surface area contributed by atoms with Crippen molar-refractivity contribution in [2.24, 2.45) is 0 Å². The second kappa shape index (κ2) is 8.41. The van der Waals surface area contributed by atoms with Gasteiger partial charge in [0, 0.05) is 23.5 Å². The molecule has 0 unspecified atom stereocenters. The first kappa shape index (κ1) is 20.3. The third-order valence-corrected chi connectivity index (χ3v) is 5.45. The van der Waals surface area contributed by atoms with E-state index < -0.39 is 5.97 Å². The Hall–Kier alpha value is -2.98. The summed E-state index contributed by atoms with van der Waals surface area (Å²) in [7, 11) is 0. The first-order valence-electron chi connectivity index (χ1n) is 9.27. The fraction of sp³-hybridized carbons (Fsp3) is 0.200. The smallest absolute Gasteiger partial charge is 0.323 e. The summed E-state index contributed by atoms with van der Waals surface area (Å²) in [6.45, 7) is 0.649. The monoisotopic (exact) mass is 441 g/mol. The molecule has 4 rings (SSSR count). The van der Waals surface area contributed by atoms with E-state index in [1.165, 1.54) is 0 Å². The zero-order chi connectivity index (χ0) is 21.3. The maximum absolute atomic E-state index is 12.8. The van der Waals surface area contributed by atoms with Crippen LogP contribution in [-0.2, 0) is 11.2 Å². The highest BCUT2D eigenvalue weighted by molar-refractivity contribution is 7.80. The normalized spacial score (nSPS) is 13.1. The van der Waals surface area contributed by atoms with Gasteiger partial charge in [0.25, 0.3) is 5.91 Å². The molecule has 1 aliphatic heterocycles. The van der Waals surface area contributed by atoms with Gasteiger partial charge >= 0.3 is 5.97 Å². The number of thiol groups is 2. The van der Waals surface area contributed by atoms with Gasteiger partial charge in [-0.2, -0.15) is 0 Å². The highest BCUT2D eigenvalue weighted by Gasteiger charge is 2.20. The molecule has 30 heavy (non-hydrogen) atoms. The third kappa shape index (κ3) is 4.14. The molecule has 8 nitrogen and oxygen atoms in total. The van der Waals surface area contributed by atoms with Crippen molar-refractivity contribution in [1.29, 1.82) is 0 Å². The number of carboxylic acids is 1. The number of nitrogens with one attached hydrogen (secondary N) is 1. The molecule has 0 spiro atoms. The summed E-state index contributed by atoms with van der Waals surface area (Å²) in [5.74, 6) is -1.11. The molecule has 1 aliphatic rings. The van der Waals surface area contributed by atoms with Gasteiger partial charge in [-0.05, 0) is 54.8 Å². The van der Waals surface area contributed by atoms with Crippen LogP contribution < -0.4 is 10.2 Å². The van der Waals surface area contributed by atoms with Crippen LogP contribution in [-0.4, -0.2) is 44.8 Å². The number of rotatable bonds is 5. The summed E-state index contributed by atoms with van der Waals surface area (Å²) in [6, 6.07) is 12.6. The summed E-state index contributed by atoms with van der Waals surface area (Å²) in [6.07, 6.45) is 1.66. The van der Waals surface area contributed by atoms with Crippen molar-refractivity contribution in [3.63, 3.8) is 0 Å². The molecule has 3 aromatic rings. The maximum atomic E-state index is 12.8. The number of hydrogen-bond donors (Lipinski definition) is 4. The number of carbonyl (C=O) groups is 2. The Balaban J connectivity index is 1.55. The molecule has 2 aromatic carbocycles. The number of carbonyl (C=O) groups excluding carboxylic acids is 1. The van der Waals surface area contributed by atoms with Gasteiger partial charge in [0.15, 0.2) is 10.3 Å². The maximum Gasteiger partial charge on any atom is 0.323 e. The van der Waals surface area contributed by atoms with E-state index in [0.29, 0.717) is 28.1 Å². The van der Waals surface area contributed by atoms with Crippen molar-refractivity contribution < 1.29 is 14.7 Å². The summed E-state index contributed by atoms with van der Waals surface area (Å²) in [5, 5.41) is 20.5. The Morgan fingerprint density at radius 2 is 1.87 bits per heavy atom. The van der Waals surface area contributed by atoms with Crippen LogP contribution in [0.1, 0.15) is 22.3 Å². The number of aryl methyl sites for hydroxylation is 1. The molecule has 0 fully saturated rings. The summed E-state index contributed by atoms with van der Waals surface area (Å²) in [4.78, 5) is 25.7. The lowest BCUT2D eigenvalue weighted by Gasteiger charge is -2.30. The molecule has 0 saturated carbocycles. The lowest BCUT2D eigenvalue weighted by atomic mass is 9.99. The molecule has 1 amide bonds. The second-order valence-corrected chi connectivity index (χ2v) is 7.70. The minimum Gasteiger partial charge on any atom is -0.480 e. The Labute approximate surface area is 183 Å².